The van der Waals surface area contributed by atoms with E-state index in [1.807, 2.05) is 0 Å². The summed E-state index contributed by atoms with van der Waals surface area (Å²) in [6.07, 6.45) is 3.24. The first kappa shape index (κ1) is 6.37. The van der Waals surface area contributed by atoms with E-state index < -0.39 is 0 Å². The van der Waals surface area contributed by atoms with Crippen LogP contribution in [0.5, 0.6) is 0 Å². The third-order valence-corrected chi connectivity index (χ3v) is 0.719. The van der Waals surface area contributed by atoms with Crippen LogP contribution in [0, 0.1) is 0 Å². The zero-order valence-corrected chi connectivity index (χ0v) is 4.74. The lowest BCUT2D eigenvalue weighted by Crippen LogP contribution is -1.94. The highest BCUT2D eigenvalue weighted by molar-refractivity contribution is 7.79. The smallest absolute Gasteiger partial charge is 0.0422 e. The summed E-state index contributed by atoms with van der Waals surface area (Å²) in [7, 11) is 0. The lowest BCUT2D eigenvalue weighted by atomic mass is 10.4. The molecule has 0 amide bonds. The first-order valence-corrected chi connectivity index (χ1v) is 2.31. The number of hydrogen-bond acceptors (Lipinski definition) is 2. The van der Waals surface area contributed by atoms with Crippen LogP contribution >= 0.6 is 12.2 Å². The Morgan fingerprint density at radius 2 is 2.29 bits per heavy atom. The predicted molar refractivity (Wildman–Crippen MR) is 36.1 cm³/mol. The molecule has 1 nitrogen and oxygen atoms in total. The summed E-state index contributed by atoms with van der Waals surface area (Å²) >= 11 is 4.47. The molecule has 0 saturated carbocycles. The minimum Gasteiger partial charge on any atom is -0.398 e. The highest BCUT2D eigenvalue weighted by Crippen LogP contribution is 1.76. The number of rotatable bonds is 2. The van der Waals surface area contributed by atoms with Gasteiger partial charge in [-0.1, -0.05) is 24.9 Å². The third-order valence-electron chi connectivity index (χ3n) is 0.446. The number of allylic oxidation sites excluding steroid dienone is 3. The topological polar surface area (TPSA) is 26.0 Å². The minimum atomic E-state index is 0.574. The largest absolute Gasteiger partial charge is 0.398 e. The van der Waals surface area contributed by atoms with Crippen molar-refractivity contribution in [1.29, 1.82) is 0 Å². The molecule has 0 aromatic rings. The van der Waals surface area contributed by atoms with Crippen LogP contribution in [0.3, 0.4) is 0 Å². The maximum atomic E-state index is 5.21. The van der Waals surface area contributed by atoms with Gasteiger partial charge in [-0.2, -0.15) is 0 Å². The van der Waals surface area contributed by atoms with Gasteiger partial charge in [-0.3, -0.25) is 0 Å². The second-order valence-electron chi connectivity index (χ2n) is 1.02. The summed E-state index contributed by atoms with van der Waals surface area (Å²) < 4.78 is 0. The zero-order chi connectivity index (χ0) is 5.70. The van der Waals surface area contributed by atoms with Crippen molar-refractivity contribution in [2.24, 2.45) is 5.73 Å². The molecule has 0 aliphatic carbocycles. The van der Waals surface area contributed by atoms with Gasteiger partial charge in [0.2, 0.25) is 0 Å². The van der Waals surface area contributed by atoms with Crippen molar-refractivity contribution in [2.45, 2.75) is 0 Å². The molecule has 0 saturated heterocycles. The molecule has 0 aromatic carbocycles. The molecule has 0 atom stereocenters. The Kier molecular flexibility index (Phi) is 3.24. The summed E-state index contributed by atoms with van der Waals surface area (Å²) in [4.78, 5) is 0. The molecule has 0 aliphatic heterocycles. The lowest BCUT2D eigenvalue weighted by molar-refractivity contribution is 1.52. The summed E-state index contributed by atoms with van der Waals surface area (Å²) in [6, 6.07) is 0. The third kappa shape index (κ3) is 3.19. The van der Waals surface area contributed by atoms with Gasteiger partial charge in [0.1, 0.15) is 0 Å². The van der Waals surface area contributed by atoms with Crippen molar-refractivity contribution >= 4 is 17.6 Å². The molecular weight excluding hydrogens is 106 g/mol. The van der Waals surface area contributed by atoms with Crippen molar-refractivity contribution in [1.82, 2.24) is 0 Å². The van der Waals surface area contributed by atoms with Gasteiger partial charge < -0.3 is 5.73 Å². The minimum absolute atomic E-state index is 0.574. The van der Waals surface area contributed by atoms with Crippen molar-refractivity contribution in [3.63, 3.8) is 0 Å². The maximum absolute atomic E-state index is 5.21. The zero-order valence-electron chi connectivity index (χ0n) is 3.92. The molecule has 0 heterocycles. The summed E-state index contributed by atoms with van der Waals surface area (Å²) in [5.74, 6) is 0. The van der Waals surface area contributed by atoms with Gasteiger partial charge in [-0.25, -0.2) is 0 Å². The first-order valence-electron chi connectivity index (χ1n) is 1.84. The number of thiocarbonyl (C=S) groups is 1. The molecule has 0 aromatic heterocycles. The average molecular weight is 113 g/mol. The Morgan fingerprint density at radius 3 is 2.43 bits per heavy atom. The molecule has 2 N–H and O–H groups in total. The van der Waals surface area contributed by atoms with E-state index in [1.165, 1.54) is 5.37 Å². The molecule has 0 fully saturated rings. The molecule has 0 rings (SSSR count). The Balaban J connectivity index is 3.72. The van der Waals surface area contributed by atoms with E-state index in [9.17, 15) is 0 Å². The van der Waals surface area contributed by atoms with E-state index in [0.29, 0.717) is 5.70 Å². The number of hydrogen-bond donors (Lipinski definition) is 1. The molecule has 0 unspecified atom stereocenters. The van der Waals surface area contributed by atoms with Crippen LogP contribution in [-0.2, 0) is 0 Å². The average Bonchev–Trinajstić information content (AvgIpc) is 1.68. The highest BCUT2D eigenvalue weighted by Gasteiger charge is 1.70. The summed E-state index contributed by atoms with van der Waals surface area (Å²) in [5, 5.41) is 1.40. The second-order valence-corrected chi connectivity index (χ2v) is 1.26. The Labute approximate surface area is 48.5 Å². The summed E-state index contributed by atoms with van der Waals surface area (Å²) in [6.45, 7) is 3.43. The van der Waals surface area contributed by atoms with Crippen LogP contribution in [0.1, 0.15) is 0 Å². The molecule has 2 heteroatoms. The molecule has 0 radical (unpaired) electrons. The van der Waals surface area contributed by atoms with Crippen molar-refractivity contribution < 1.29 is 0 Å². The van der Waals surface area contributed by atoms with E-state index in [-0.39, 0.29) is 0 Å². The quantitative estimate of drug-likeness (QED) is 0.328. The molecule has 7 heavy (non-hydrogen) atoms. The Bertz CT molecular complexity index is 105. The second kappa shape index (κ2) is 3.56. The molecule has 0 bridgehead atoms. The van der Waals surface area contributed by atoms with Gasteiger partial charge in [-0.15, -0.1) is 0 Å². The Morgan fingerprint density at radius 1 is 1.71 bits per heavy atom. The van der Waals surface area contributed by atoms with Gasteiger partial charge in [0.25, 0.3) is 0 Å². The first-order chi connectivity index (χ1) is 3.31. The van der Waals surface area contributed by atoms with Crippen LogP contribution in [0.4, 0.5) is 0 Å². The molecule has 0 aliphatic rings. The fourth-order valence-corrected chi connectivity index (χ4v) is 0.254. The van der Waals surface area contributed by atoms with Crippen molar-refractivity contribution in [2.75, 3.05) is 0 Å². The van der Waals surface area contributed by atoms with Gasteiger partial charge >= 0.3 is 0 Å². The van der Waals surface area contributed by atoms with E-state index in [1.54, 1.807) is 12.2 Å². The molecule has 38 valence electrons. The Hall–Kier alpha value is -0.630. The maximum Gasteiger partial charge on any atom is 0.0422 e. The SMILES string of the molecule is C=C/C=C(/N)C=S. The summed E-state index contributed by atoms with van der Waals surface area (Å²) in [5.41, 5.74) is 5.79. The van der Waals surface area contributed by atoms with Crippen LogP contribution < -0.4 is 5.73 Å². The van der Waals surface area contributed by atoms with E-state index in [0.717, 1.165) is 0 Å². The van der Waals surface area contributed by atoms with Crippen LogP contribution in [0.2, 0.25) is 0 Å². The van der Waals surface area contributed by atoms with Gasteiger partial charge in [0.15, 0.2) is 0 Å². The lowest BCUT2D eigenvalue weighted by Gasteiger charge is -1.80. The monoisotopic (exact) mass is 113 g/mol. The number of nitrogens with two attached hydrogens (primary N) is 1. The van der Waals surface area contributed by atoms with Gasteiger partial charge in [0.05, 0.1) is 0 Å². The highest BCUT2D eigenvalue weighted by atomic mass is 32.1. The van der Waals surface area contributed by atoms with Crippen molar-refractivity contribution in [3.8, 4) is 0 Å². The predicted octanol–water partition coefficient (Wildman–Crippen LogP) is 1.01. The fourth-order valence-electron chi connectivity index (χ4n) is 0.175. The van der Waals surface area contributed by atoms with E-state index >= 15 is 0 Å². The standard InChI is InChI=1S/C5H7NS/c1-2-3-5(6)4-7/h2-4H,1,6H2/b5-3+. The normalized spacial score (nSPS) is 10.6. The molecular formula is C5H7NS. The van der Waals surface area contributed by atoms with Gasteiger partial charge in [-0.05, 0) is 6.08 Å². The van der Waals surface area contributed by atoms with E-state index in [4.69, 9.17) is 5.73 Å². The van der Waals surface area contributed by atoms with E-state index in [2.05, 4.69) is 18.8 Å². The fraction of sp³-hybridized carbons (Fsp3) is 0. The van der Waals surface area contributed by atoms with Crippen LogP contribution in [0.25, 0.3) is 0 Å². The van der Waals surface area contributed by atoms with Crippen LogP contribution in [-0.4, -0.2) is 5.37 Å². The van der Waals surface area contributed by atoms with Crippen molar-refractivity contribution in [3.05, 3.63) is 24.4 Å². The van der Waals surface area contributed by atoms with Gasteiger partial charge in [0, 0.05) is 11.1 Å². The van der Waals surface area contributed by atoms with Crippen LogP contribution in [0.15, 0.2) is 24.4 Å². The molecule has 0 spiro atoms.